The number of benzene rings is 3. The van der Waals surface area contributed by atoms with Gasteiger partial charge in [0.2, 0.25) is 5.95 Å². The highest BCUT2D eigenvalue weighted by Crippen LogP contribution is 2.42. The van der Waals surface area contributed by atoms with Gasteiger partial charge in [0.1, 0.15) is 6.04 Å². The predicted octanol–water partition coefficient (Wildman–Crippen LogP) is 4.49. The summed E-state index contributed by atoms with van der Waals surface area (Å²) in [6.07, 6.45) is 2.69. The third kappa shape index (κ3) is 8.82. The molecule has 4 aromatic rings. The van der Waals surface area contributed by atoms with Gasteiger partial charge in [-0.3, -0.25) is 4.90 Å². The number of nitrogens with one attached hydrogen (secondary N) is 2. The van der Waals surface area contributed by atoms with E-state index >= 15 is 0 Å². The average Bonchev–Trinajstić information content (AvgIpc) is 3.16. The van der Waals surface area contributed by atoms with Crippen molar-refractivity contribution in [2.24, 2.45) is 5.92 Å². The Bertz CT molecular complexity index is 1690. The SMILES string of the molecule is COC(=O)[C@H](Cc1ccccc1)NC(=O)Nc1cccc([C@@H]2O[C@H](CN3CCN(c4ncccn4)CC3)[C@H](C)[C@H](c3ccc(CO)cc3)O2)c1. The lowest BCUT2D eigenvalue weighted by Crippen LogP contribution is -2.51. The summed E-state index contributed by atoms with van der Waals surface area (Å²) in [5.74, 6) is 0.233. The Kier molecular flexibility index (Phi) is 11.7. The summed E-state index contributed by atoms with van der Waals surface area (Å²) >= 11 is 0. The molecule has 50 heavy (non-hydrogen) atoms. The van der Waals surface area contributed by atoms with Gasteiger partial charge in [-0.05, 0) is 34.9 Å². The van der Waals surface area contributed by atoms with Crippen LogP contribution in [0.3, 0.4) is 0 Å². The molecule has 3 aromatic carbocycles. The summed E-state index contributed by atoms with van der Waals surface area (Å²) in [4.78, 5) is 39.0. The van der Waals surface area contributed by atoms with Crippen LogP contribution in [0.1, 0.15) is 41.6 Å². The Balaban J connectivity index is 1.16. The van der Waals surface area contributed by atoms with Crippen molar-refractivity contribution in [3.63, 3.8) is 0 Å². The van der Waals surface area contributed by atoms with Gasteiger partial charge < -0.3 is 34.9 Å². The lowest BCUT2D eigenvalue weighted by molar-refractivity contribution is -0.276. The number of piperazine rings is 1. The molecule has 0 saturated carbocycles. The van der Waals surface area contributed by atoms with Crippen molar-refractivity contribution in [2.75, 3.05) is 50.1 Å². The van der Waals surface area contributed by atoms with Gasteiger partial charge in [-0.15, -0.1) is 0 Å². The van der Waals surface area contributed by atoms with E-state index in [4.69, 9.17) is 14.2 Å². The molecule has 12 heteroatoms. The third-order valence-corrected chi connectivity index (χ3v) is 9.26. The van der Waals surface area contributed by atoms with Crippen molar-refractivity contribution in [2.45, 2.75) is 44.5 Å². The molecule has 2 amide bonds. The molecule has 262 valence electrons. The summed E-state index contributed by atoms with van der Waals surface area (Å²) in [5.41, 5.74) is 4.00. The fraction of sp³-hybridized carbons (Fsp3) is 0.368. The predicted molar refractivity (Wildman–Crippen MR) is 188 cm³/mol. The number of methoxy groups -OCH3 is 1. The molecule has 3 heterocycles. The summed E-state index contributed by atoms with van der Waals surface area (Å²) in [6.45, 7) is 6.15. The van der Waals surface area contributed by atoms with Crippen LogP contribution in [-0.2, 0) is 32.0 Å². The highest BCUT2D eigenvalue weighted by atomic mass is 16.7. The van der Waals surface area contributed by atoms with Crippen molar-refractivity contribution in [3.8, 4) is 0 Å². The number of esters is 1. The van der Waals surface area contributed by atoms with E-state index in [0.29, 0.717) is 18.7 Å². The molecule has 0 aliphatic carbocycles. The van der Waals surface area contributed by atoms with E-state index in [1.54, 1.807) is 18.5 Å². The van der Waals surface area contributed by atoms with Crippen LogP contribution in [-0.4, -0.2) is 84.0 Å². The average molecular weight is 681 g/mol. The Morgan fingerprint density at radius 2 is 1.64 bits per heavy atom. The van der Waals surface area contributed by atoms with Crippen molar-refractivity contribution < 1.29 is 28.9 Å². The second-order valence-electron chi connectivity index (χ2n) is 12.6. The zero-order valence-electron chi connectivity index (χ0n) is 28.4. The van der Waals surface area contributed by atoms with Crippen LogP contribution in [0, 0.1) is 5.92 Å². The zero-order chi connectivity index (χ0) is 34.9. The monoisotopic (exact) mass is 680 g/mol. The smallest absolute Gasteiger partial charge is 0.328 e. The number of aliphatic hydroxyl groups is 1. The molecule has 0 bridgehead atoms. The number of aromatic nitrogens is 2. The molecule has 0 unspecified atom stereocenters. The van der Waals surface area contributed by atoms with Gasteiger partial charge in [0, 0.05) is 68.7 Å². The van der Waals surface area contributed by atoms with E-state index in [0.717, 1.165) is 54.4 Å². The number of carbonyl (C=O) groups excluding carboxylic acids is 2. The van der Waals surface area contributed by atoms with Gasteiger partial charge in [-0.2, -0.15) is 0 Å². The van der Waals surface area contributed by atoms with Crippen LogP contribution in [0.2, 0.25) is 0 Å². The van der Waals surface area contributed by atoms with Crippen LogP contribution >= 0.6 is 0 Å². The first kappa shape index (κ1) is 35.0. The van der Waals surface area contributed by atoms with E-state index in [1.165, 1.54) is 7.11 Å². The van der Waals surface area contributed by atoms with Gasteiger partial charge in [-0.1, -0.05) is 73.7 Å². The molecule has 0 spiro atoms. The van der Waals surface area contributed by atoms with E-state index in [2.05, 4.69) is 37.3 Å². The second-order valence-corrected chi connectivity index (χ2v) is 12.6. The normalized spacial score (nSPS) is 21.6. The van der Waals surface area contributed by atoms with E-state index in [-0.39, 0.29) is 24.7 Å². The molecule has 2 saturated heterocycles. The standard InChI is InChI=1S/C38H44N6O6/c1-26-33(24-43-18-20-44(21-19-43)37-39-16-7-17-40-37)49-36(50-34(26)29-14-12-28(25-45)13-15-29)30-10-6-11-31(23-30)41-38(47)42-32(35(46)48-2)22-27-8-4-3-5-9-27/h3-17,23,26,32-34,36,45H,18-22,24-25H2,1-2H3,(H2,41,42,47)/t26-,32-,33+,34+,36+/m0/s1. The Labute approximate surface area is 292 Å². The maximum absolute atomic E-state index is 13.1. The van der Waals surface area contributed by atoms with E-state index in [1.807, 2.05) is 78.9 Å². The third-order valence-electron chi connectivity index (χ3n) is 9.26. The molecular weight excluding hydrogens is 636 g/mol. The maximum atomic E-state index is 13.1. The first-order chi connectivity index (χ1) is 24.4. The molecule has 2 fully saturated rings. The van der Waals surface area contributed by atoms with Gasteiger partial charge in [0.05, 0.1) is 25.9 Å². The van der Waals surface area contributed by atoms with Crippen LogP contribution < -0.4 is 15.5 Å². The first-order valence-electron chi connectivity index (χ1n) is 16.9. The summed E-state index contributed by atoms with van der Waals surface area (Å²) in [5, 5.41) is 15.2. The zero-order valence-corrected chi connectivity index (χ0v) is 28.4. The maximum Gasteiger partial charge on any atom is 0.328 e. The van der Waals surface area contributed by atoms with Crippen LogP contribution in [0.5, 0.6) is 0 Å². The molecule has 3 N–H and O–H groups in total. The topological polar surface area (TPSA) is 138 Å². The van der Waals surface area contributed by atoms with Crippen LogP contribution in [0.25, 0.3) is 0 Å². The lowest BCUT2D eigenvalue weighted by Gasteiger charge is -2.44. The van der Waals surface area contributed by atoms with E-state index < -0.39 is 24.3 Å². The highest BCUT2D eigenvalue weighted by Gasteiger charge is 2.39. The number of rotatable bonds is 11. The number of hydrogen-bond donors (Lipinski definition) is 3. The quantitative estimate of drug-likeness (QED) is 0.194. The largest absolute Gasteiger partial charge is 0.467 e. The summed E-state index contributed by atoms with van der Waals surface area (Å²) < 4.78 is 18.3. The van der Waals surface area contributed by atoms with Gasteiger partial charge in [-0.25, -0.2) is 19.6 Å². The number of amides is 2. The number of hydrogen-bond acceptors (Lipinski definition) is 10. The molecule has 6 rings (SSSR count). The minimum absolute atomic E-state index is 0.0219. The Morgan fingerprint density at radius 3 is 2.34 bits per heavy atom. The minimum atomic E-state index is -0.863. The number of nitrogens with zero attached hydrogens (tertiary/aromatic N) is 4. The van der Waals surface area contributed by atoms with Gasteiger partial charge in [0.15, 0.2) is 6.29 Å². The van der Waals surface area contributed by atoms with E-state index in [9.17, 15) is 14.7 Å². The number of aliphatic hydroxyl groups excluding tert-OH is 1. The van der Waals surface area contributed by atoms with Crippen molar-refractivity contribution in [1.82, 2.24) is 20.2 Å². The molecule has 2 aliphatic rings. The summed E-state index contributed by atoms with van der Waals surface area (Å²) in [6, 6.07) is 25.0. The molecule has 1 aromatic heterocycles. The fourth-order valence-corrected chi connectivity index (χ4v) is 6.44. The molecule has 2 aliphatic heterocycles. The lowest BCUT2D eigenvalue weighted by atomic mass is 9.90. The van der Waals surface area contributed by atoms with Gasteiger partial charge in [0.25, 0.3) is 0 Å². The van der Waals surface area contributed by atoms with Crippen molar-refractivity contribution in [3.05, 3.63) is 120 Å². The second kappa shape index (κ2) is 16.7. The highest BCUT2D eigenvalue weighted by molar-refractivity contribution is 5.92. The van der Waals surface area contributed by atoms with Crippen LogP contribution in [0.15, 0.2) is 97.3 Å². The summed E-state index contributed by atoms with van der Waals surface area (Å²) in [7, 11) is 1.30. The molecule has 0 radical (unpaired) electrons. The van der Waals surface area contributed by atoms with Crippen LogP contribution in [0.4, 0.5) is 16.4 Å². The molecular formula is C38H44N6O6. The number of ether oxygens (including phenoxy) is 3. The van der Waals surface area contributed by atoms with Crippen molar-refractivity contribution >= 4 is 23.6 Å². The Hall–Kier alpha value is -4.88. The number of carbonyl (C=O) groups is 2. The van der Waals surface area contributed by atoms with Gasteiger partial charge >= 0.3 is 12.0 Å². The molecule has 5 atom stereocenters. The molecule has 12 nitrogen and oxygen atoms in total. The first-order valence-corrected chi connectivity index (χ1v) is 16.9. The van der Waals surface area contributed by atoms with Crippen molar-refractivity contribution in [1.29, 1.82) is 0 Å². The number of urea groups is 1. The fourth-order valence-electron chi connectivity index (χ4n) is 6.44. The number of anilines is 2. The Morgan fingerprint density at radius 1 is 0.900 bits per heavy atom. The minimum Gasteiger partial charge on any atom is -0.467 e.